The molecule has 1 heterocycles. The Morgan fingerprint density at radius 2 is 2.20 bits per heavy atom. The first-order chi connectivity index (χ1) is 9.49. The number of nitrogens with zero attached hydrogens (tertiary/aromatic N) is 4. The summed E-state index contributed by atoms with van der Waals surface area (Å²) in [6.07, 6.45) is 0.429. The summed E-state index contributed by atoms with van der Waals surface area (Å²) in [7, 11) is 0. The van der Waals surface area contributed by atoms with Crippen molar-refractivity contribution in [2.45, 2.75) is 19.9 Å². The summed E-state index contributed by atoms with van der Waals surface area (Å²) in [4.78, 5) is 10.8. The number of tetrazole rings is 1. The van der Waals surface area contributed by atoms with Gasteiger partial charge < -0.3 is 5.11 Å². The molecule has 1 aromatic carbocycles. The average molecular weight is 315 g/mol. The standard InChI is InChI=1S/C12H12Cl2N4O2/c1-7(12(19)20)4-5-18-11(15-16-17-18)9-3-2-8(13)6-10(9)14/h2-3,6-7H,4-5H2,1H3,(H,19,20). The maximum Gasteiger partial charge on any atom is 0.306 e. The second kappa shape index (κ2) is 6.19. The maximum absolute atomic E-state index is 10.8. The molecule has 0 spiro atoms. The van der Waals surface area contributed by atoms with E-state index in [0.29, 0.717) is 34.4 Å². The molecule has 2 rings (SSSR count). The monoisotopic (exact) mass is 314 g/mol. The van der Waals surface area contributed by atoms with Gasteiger partial charge in [-0.15, -0.1) is 5.10 Å². The van der Waals surface area contributed by atoms with Crippen molar-refractivity contribution in [1.82, 2.24) is 20.2 Å². The molecule has 0 radical (unpaired) electrons. The molecule has 1 aromatic heterocycles. The minimum absolute atomic E-state index is 0.398. The third-order valence-electron chi connectivity index (χ3n) is 2.90. The Hall–Kier alpha value is -1.66. The molecule has 0 aliphatic heterocycles. The first-order valence-corrected chi connectivity index (χ1v) is 6.69. The molecule has 106 valence electrons. The van der Waals surface area contributed by atoms with Crippen molar-refractivity contribution < 1.29 is 9.90 Å². The van der Waals surface area contributed by atoms with E-state index in [1.165, 1.54) is 4.68 Å². The molecule has 0 saturated carbocycles. The van der Waals surface area contributed by atoms with Crippen molar-refractivity contribution in [1.29, 1.82) is 0 Å². The van der Waals surface area contributed by atoms with Gasteiger partial charge in [0, 0.05) is 17.1 Å². The van der Waals surface area contributed by atoms with E-state index in [1.54, 1.807) is 25.1 Å². The number of hydrogen-bond donors (Lipinski definition) is 1. The highest BCUT2D eigenvalue weighted by atomic mass is 35.5. The zero-order valence-electron chi connectivity index (χ0n) is 10.6. The molecular formula is C12H12Cl2N4O2. The smallest absolute Gasteiger partial charge is 0.306 e. The van der Waals surface area contributed by atoms with Gasteiger partial charge in [0.1, 0.15) is 0 Å². The Morgan fingerprint density at radius 1 is 1.45 bits per heavy atom. The Balaban J connectivity index is 2.22. The van der Waals surface area contributed by atoms with Crippen LogP contribution in [0, 0.1) is 5.92 Å². The van der Waals surface area contributed by atoms with Crippen LogP contribution < -0.4 is 0 Å². The predicted octanol–water partition coefficient (Wildman–Crippen LogP) is 2.76. The first-order valence-electron chi connectivity index (χ1n) is 5.93. The second-order valence-electron chi connectivity index (χ2n) is 4.38. The number of carbonyl (C=O) groups is 1. The van der Waals surface area contributed by atoms with Crippen LogP contribution in [-0.2, 0) is 11.3 Å². The fourth-order valence-electron chi connectivity index (χ4n) is 1.66. The van der Waals surface area contributed by atoms with Crippen LogP contribution in [0.25, 0.3) is 11.4 Å². The Bertz CT molecular complexity index is 630. The highest BCUT2D eigenvalue weighted by Crippen LogP contribution is 2.28. The summed E-state index contributed by atoms with van der Waals surface area (Å²) < 4.78 is 1.54. The van der Waals surface area contributed by atoms with Gasteiger partial charge in [0.25, 0.3) is 0 Å². The van der Waals surface area contributed by atoms with Gasteiger partial charge in [0.15, 0.2) is 5.82 Å². The highest BCUT2D eigenvalue weighted by molar-refractivity contribution is 6.36. The van der Waals surface area contributed by atoms with E-state index in [9.17, 15) is 4.79 Å². The molecular weight excluding hydrogens is 303 g/mol. The topological polar surface area (TPSA) is 80.9 Å². The van der Waals surface area contributed by atoms with E-state index in [1.807, 2.05) is 0 Å². The quantitative estimate of drug-likeness (QED) is 0.917. The van der Waals surface area contributed by atoms with E-state index in [4.69, 9.17) is 28.3 Å². The van der Waals surface area contributed by atoms with Crippen molar-refractivity contribution >= 4 is 29.2 Å². The maximum atomic E-state index is 10.8. The van der Waals surface area contributed by atoms with Crippen molar-refractivity contribution in [2.75, 3.05) is 0 Å². The van der Waals surface area contributed by atoms with E-state index in [-0.39, 0.29) is 0 Å². The molecule has 20 heavy (non-hydrogen) atoms. The lowest BCUT2D eigenvalue weighted by Gasteiger charge is -2.08. The molecule has 0 amide bonds. The van der Waals surface area contributed by atoms with Gasteiger partial charge in [-0.05, 0) is 35.0 Å². The van der Waals surface area contributed by atoms with Gasteiger partial charge in [0.05, 0.1) is 10.9 Å². The highest BCUT2D eigenvalue weighted by Gasteiger charge is 2.16. The SMILES string of the molecule is CC(CCn1nnnc1-c1ccc(Cl)cc1Cl)C(=O)O. The molecule has 6 nitrogen and oxygen atoms in total. The van der Waals surface area contributed by atoms with Crippen LogP contribution in [0.3, 0.4) is 0 Å². The lowest BCUT2D eigenvalue weighted by molar-refractivity contribution is -0.141. The van der Waals surface area contributed by atoms with Gasteiger partial charge in [-0.25, -0.2) is 4.68 Å². The van der Waals surface area contributed by atoms with Gasteiger partial charge in [-0.2, -0.15) is 0 Å². The Morgan fingerprint density at radius 3 is 2.85 bits per heavy atom. The molecule has 1 N–H and O–H groups in total. The van der Waals surface area contributed by atoms with Crippen LogP contribution in [0.4, 0.5) is 0 Å². The predicted molar refractivity (Wildman–Crippen MR) is 74.7 cm³/mol. The van der Waals surface area contributed by atoms with Crippen LogP contribution in [0.1, 0.15) is 13.3 Å². The number of carboxylic acid groups (broad SMARTS) is 1. The number of aliphatic carboxylic acids is 1. The minimum atomic E-state index is -0.843. The van der Waals surface area contributed by atoms with Gasteiger partial charge >= 0.3 is 5.97 Å². The second-order valence-corrected chi connectivity index (χ2v) is 5.22. The van der Waals surface area contributed by atoms with Gasteiger partial charge in [0.2, 0.25) is 0 Å². The third-order valence-corrected chi connectivity index (χ3v) is 3.45. The lowest BCUT2D eigenvalue weighted by atomic mass is 10.1. The van der Waals surface area contributed by atoms with Crippen molar-refractivity contribution in [3.05, 3.63) is 28.2 Å². The summed E-state index contributed by atoms with van der Waals surface area (Å²) in [5.74, 6) is -0.818. The molecule has 1 unspecified atom stereocenters. The van der Waals surface area contributed by atoms with Crippen molar-refractivity contribution in [3.63, 3.8) is 0 Å². The number of aryl methyl sites for hydroxylation is 1. The fraction of sp³-hybridized carbons (Fsp3) is 0.333. The molecule has 0 saturated heterocycles. The summed E-state index contributed by atoms with van der Waals surface area (Å²) in [5.41, 5.74) is 0.657. The molecule has 1 atom stereocenters. The van der Waals surface area contributed by atoms with Crippen molar-refractivity contribution in [3.8, 4) is 11.4 Å². The van der Waals surface area contributed by atoms with Crippen LogP contribution in [0.2, 0.25) is 10.0 Å². The lowest BCUT2D eigenvalue weighted by Crippen LogP contribution is -2.14. The van der Waals surface area contributed by atoms with Gasteiger partial charge in [-0.3, -0.25) is 4.79 Å². The summed E-state index contributed by atoms with van der Waals surface area (Å²) in [6.45, 7) is 2.04. The van der Waals surface area contributed by atoms with Crippen LogP contribution in [0.5, 0.6) is 0 Å². The molecule has 0 aliphatic rings. The van der Waals surface area contributed by atoms with E-state index in [2.05, 4.69) is 15.5 Å². The zero-order chi connectivity index (χ0) is 14.7. The minimum Gasteiger partial charge on any atom is -0.481 e. The zero-order valence-corrected chi connectivity index (χ0v) is 12.1. The third kappa shape index (κ3) is 3.26. The summed E-state index contributed by atoms with van der Waals surface area (Å²) in [6, 6.07) is 5.03. The molecule has 0 fully saturated rings. The van der Waals surface area contributed by atoms with E-state index < -0.39 is 11.9 Å². The number of aromatic nitrogens is 4. The van der Waals surface area contributed by atoms with Crippen LogP contribution >= 0.6 is 23.2 Å². The average Bonchev–Trinajstić information content (AvgIpc) is 2.84. The number of halogens is 2. The normalized spacial score (nSPS) is 12.3. The Kier molecular flexibility index (Phi) is 4.57. The number of hydrogen-bond acceptors (Lipinski definition) is 4. The van der Waals surface area contributed by atoms with Gasteiger partial charge in [-0.1, -0.05) is 30.1 Å². The van der Waals surface area contributed by atoms with E-state index >= 15 is 0 Å². The van der Waals surface area contributed by atoms with Crippen LogP contribution in [-0.4, -0.2) is 31.3 Å². The summed E-state index contributed by atoms with van der Waals surface area (Å²) in [5, 5.41) is 21.2. The number of rotatable bonds is 5. The first kappa shape index (κ1) is 14.7. The number of benzene rings is 1. The molecule has 0 aliphatic carbocycles. The molecule has 8 heteroatoms. The largest absolute Gasteiger partial charge is 0.481 e. The van der Waals surface area contributed by atoms with E-state index in [0.717, 1.165) is 0 Å². The summed E-state index contributed by atoms with van der Waals surface area (Å²) >= 11 is 12.0. The molecule has 0 bridgehead atoms. The number of carboxylic acids is 1. The fourth-order valence-corrected chi connectivity index (χ4v) is 2.15. The Labute approximate surface area is 125 Å². The van der Waals surface area contributed by atoms with Crippen molar-refractivity contribution in [2.24, 2.45) is 5.92 Å². The van der Waals surface area contributed by atoms with Crippen LogP contribution in [0.15, 0.2) is 18.2 Å². The molecule has 2 aromatic rings.